The maximum Gasteiger partial charge on any atom is 0.202 e. The average molecular weight is 165 g/mol. The number of hydrogen-bond acceptors (Lipinski definition) is 2. The summed E-state index contributed by atoms with van der Waals surface area (Å²) in [5, 5.41) is 0. The van der Waals surface area contributed by atoms with Crippen molar-refractivity contribution in [2.24, 2.45) is 0 Å². The second-order valence-corrected chi connectivity index (χ2v) is 3.28. The number of nitrogens with one attached hydrogen (secondary N) is 1. The molecule has 1 N–H and O–H groups in total. The van der Waals surface area contributed by atoms with Crippen LogP contribution in [0.2, 0.25) is 0 Å². The highest BCUT2D eigenvalue weighted by atomic mass is 15.3. The fraction of sp³-hybridized carbons (Fsp3) is 0.667. The number of imidazole rings is 1. The molecule has 0 spiro atoms. The van der Waals surface area contributed by atoms with Crippen molar-refractivity contribution in [2.45, 2.75) is 26.2 Å². The fourth-order valence-electron chi connectivity index (χ4n) is 1.62. The molecule has 0 radical (unpaired) electrons. The van der Waals surface area contributed by atoms with E-state index in [1.807, 2.05) is 6.20 Å². The Morgan fingerprint density at radius 3 is 2.83 bits per heavy atom. The topological polar surface area (TPSA) is 31.9 Å². The summed E-state index contributed by atoms with van der Waals surface area (Å²) in [6, 6.07) is 0. The predicted octanol–water partition coefficient (Wildman–Crippen LogP) is 1.57. The van der Waals surface area contributed by atoms with Gasteiger partial charge in [-0.25, -0.2) is 4.98 Å². The first kappa shape index (κ1) is 7.65. The Hall–Kier alpha value is -0.990. The number of nitrogens with zero attached hydrogens (tertiary/aromatic N) is 2. The third-order valence-electron chi connectivity index (χ3n) is 2.40. The van der Waals surface area contributed by atoms with Crippen molar-refractivity contribution in [3.63, 3.8) is 0 Å². The second kappa shape index (κ2) is 3.17. The highest BCUT2D eigenvalue weighted by molar-refractivity contribution is 5.32. The van der Waals surface area contributed by atoms with E-state index in [-0.39, 0.29) is 0 Å². The van der Waals surface area contributed by atoms with E-state index in [0.29, 0.717) is 0 Å². The number of aromatic amines is 1. The van der Waals surface area contributed by atoms with Gasteiger partial charge in [-0.2, -0.15) is 0 Å². The SMILES string of the molecule is CCc1cnc(N2CCCC2)[nH]1. The van der Waals surface area contributed by atoms with Crippen molar-refractivity contribution in [3.05, 3.63) is 11.9 Å². The van der Waals surface area contributed by atoms with E-state index in [1.54, 1.807) is 0 Å². The van der Waals surface area contributed by atoms with Crippen LogP contribution in [0.4, 0.5) is 5.95 Å². The maximum absolute atomic E-state index is 4.34. The number of hydrogen-bond donors (Lipinski definition) is 1. The van der Waals surface area contributed by atoms with Gasteiger partial charge < -0.3 is 9.88 Å². The molecule has 0 atom stereocenters. The fourth-order valence-corrected chi connectivity index (χ4v) is 1.62. The number of aryl methyl sites for hydroxylation is 1. The first-order valence-electron chi connectivity index (χ1n) is 4.69. The van der Waals surface area contributed by atoms with Crippen LogP contribution in [-0.4, -0.2) is 23.1 Å². The monoisotopic (exact) mass is 165 g/mol. The molecule has 3 nitrogen and oxygen atoms in total. The van der Waals surface area contributed by atoms with Crippen molar-refractivity contribution in [3.8, 4) is 0 Å². The molecular formula is C9H15N3. The van der Waals surface area contributed by atoms with E-state index in [1.165, 1.54) is 18.5 Å². The van der Waals surface area contributed by atoms with Gasteiger partial charge in [0.25, 0.3) is 0 Å². The minimum absolute atomic E-state index is 1.04. The summed E-state index contributed by atoms with van der Waals surface area (Å²) in [5.41, 5.74) is 1.23. The van der Waals surface area contributed by atoms with Crippen LogP contribution in [0.15, 0.2) is 6.20 Å². The summed E-state index contributed by atoms with van der Waals surface area (Å²) >= 11 is 0. The summed E-state index contributed by atoms with van der Waals surface area (Å²) in [7, 11) is 0. The Morgan fingerprint density at radius 2 is 2.25 bits per heavy atom. The first-order chi connectivity index (χ1) is 5.90. The van der Waals surface area contributed by atoms with Crippen molar-refractivity contribution in [1.82, 2.24) is 9.97 Å². The average Bonchev–Trinajstić information content (AvgIpc) is 2.75. The molecule has 1 aliphatic rings. The zero-order valence-corrected chi connectivity index (χ0v) is 7.51. The smallest absolute Gasteiger partial charge is 0.202 e. The molecule has 0 aliphatic carbocycles. The Bertz CT molecular complexity index is 248. The maximum atomic E-state index is 4.34. The quantitative estimate of drug-likeness (QED) is 0.721. The molecule has 12 heavy (non-hydrogen) atoms. The van der Waals surface area contributed by atoms with Gasteiger partial charge in [0.1, 0.15) is 0 Å². The normalized spacial score (nSPS) is 17.2. The van der Waals surface area contributed by atoms with Gasteiger partial charge in [0, 0.05) is 18.8 Å². The Kier molecular flexibility index (Phi) is 2.02. The van der Waals surface area contributed by atoms with E-state index >= 15 is 0 Å². The van der Waals surface area contributed by atoms with Gasteiger partial charge in [0.05, 0.1) is 6.20 Å². The minimum atomic E-state index is 1.04. The zero-order valence-electron chi connectivity index (χ0n) is 7.51. The number of anilines is 1. The summed E-state index contributed by atoms with van der Waals surface area (Å²) < 4.78 is 0. The molecule has 2 rings (SSSR count). The molecule has 1 aromatic rings. The highest BCUT2D eigenvalue weighted by Gasteiger charge is 2.14. The van der Waals surface area contributed by atoms with Gasteiger partial charge in [-0.15, -0.1) is 0 Å². The molecule has 1 aromatic heterocycles. The molecule has 0 amide bonds. The van der Waals surface area contributed by atoms with E-state index in [2.05, 4.69) is 21.8 Å². The van der Waals surface area contributed by atoms with Gasteiger partial charge in [-0.05, 0) is 19.3 Å². The molecule has 1 fully saturated rings. The van der Waals surface area contributed by atoms with Crippen molar-refractivity contribution in [1.29, 1.82) is 0 Å². The molecular weight excluding hydrogens is 150 g/mol. The summed E-state index contributed by atoms with van der Waals surface area (Å²) in [4.78, 5) is 9.98. The predicted molar refractivity (Wildman–Crippen MR) is 49.4 cm³/mol. The highest BCUT2D eigenvalue weighted by Crippen LogP contribution is 2.15. The molecule has 0 aromatic carbocycles. The van der Waals surface area contributed by atoms with Gasteiger partial charge in [0.2, 0.25) is 5.95 Å². The molecule has 3 heteroatoms. The van der Waals surface area contributed by atoms with Crippen LogP contribution in [0.25, 0.3) is 0 Å². The molecule has 1 aliphatic heterocycles. The van der Waals surface area contributed by atoms with Gasteiger partial charge in [-0.3, -0.25) is 0 Å². The standard InChI is InChI=1S/C9H15N3/c1-2-8-7-10-9(11-8)12-5-3-4-6-12/h7H,2-6H2,1H3,(H,10,11). The molecule has 66 valence electrons. The zero-order chi connectivity index (χ0) is 8.39. The first-order valence-corrected chi connectivity index (χ1v) is 4.69. The molecule has 2 heterocycles. The Labute approximate surface area is 72.8 Å². The van der Waals surface area contributed by atoms with Gasteiger partial charge in [-0.1, -0.05) is 6.92 Å². The lowest BCUT2D eigenvalue weighted by Crippen LogP contribution is -2.18. The van der Waals surface area contributed by atoms with Crippen LogP contribution in [0.3, 0.4) is 0 Å². The lowest BCUT2D eigenvalue weighted by Gasteiger charge is -2.12. The lowest BCUT2D eigenvalue weighted by molar-refractivity contribution is 0.910. The Morgan fingerprint density at radius 1 is 1.50 bits per heavy atom. The number of aromatic nitrogens is 2. The van der Waals surface area contributed by atoms with Crippen LogP contribution in [-0.2, 0) is 6.42 Å². The number of H-pyrrole nitrogens is 1. The van der Waals surface area contributed by atoms with Gasteiger partial charge in [0.15, 0.2) is 0 Å². The van der Waals surface area contributed by atoms with Crippen LogP contribution >= 0.6 is 0 Å². The van der Waals surface area contributed by atoms with Crippen LogP contribution < -0.4 is 4.90 Å². The molecule has 0 bridgehead atoms. The third kappa shape index (κ3) is 1.31. The van der Waals surface area contributed by atoms with Crippen molar-refractivity contribution >= 4 is 5.95 Å². The van der Waals surface area contributed by atoms with E-state index in [0.717, 1.165) is 25.5 Å². The molecule has 1 saturated heterocycles. The summed E-state index contributed by atoms with van der Waals surface area (Å²) in [5.74, 6) is 1.06. The van der Waals surface area contributed by atoms with Crippen LogP contribution in [0.1, 0.15) is 25.5 Å². The van der Waals surface area contributed by atoms with E-state index < -0.39 is 0 Å². The number of rotatable bonds is 2. The van der Waals surface area contributed by atoms with Crippen molar-refractivity contribution in [2.75, 3.05) is 18.0 Å². The van der Waals surface area contributed by atoms with E-state index in [9.17, 15) is 0 Å². The molecule has 0 unspecified atom stereocenters. The Balaban J connectivity index is 2.11. The minimum Gasteiger partial charge on any atom is -0.342 e. The van der Waals surface area contributed by atoms with E-state index in [4.69, 9.17) is 0 Å². The second-order valence-electron chi connectivity index (χ2n) is 3.28. The molecule has 0 saturated carbocycles. The van der Waals surface area contributed by atoms with Gasteiger partial charge >= 0.3 is 0 Å². The lowest BCUT2D eigenvalue weighted by atomic mass is 10.4. The summed E-state index contributed by atoms with van der Waals surface area (Å²) in [6.45, 7) is 4.47. The van der Waals surface area contributed by atoms with Crippen molar-refractivity contribution < 1.29 is 0 Å². The van der Waals surface area contributed by atoms with Crippen LogP contribution in [0.5, 0.6) is 0 Å². The van der Waals surface area contributed by atoms with Crippen LogP contribution in [0, 0.1) is 0 Å². The summed E-state index contributed by atoms with van der Waals surface area (Å²) in [6.07, 6.45) is 5.60. The largest absolute Gasteiger partial charge is 0.342 e. The third-order valence-corrected chi connectivity index (χ3v) is 2.40.